The maximum absolute atomic E-state index is 5.93. The maximum atomic E-state index is 5.93. The van der Waals surface area contributed by atoms with Gasteiger partial charge in [0.15, 0.2) is 0 Å². The quantitative estimate of drug-likeness (QED) is 0.896. The summed E-state index contributed by atoms with van der Waals surface area (Å²) in [5, 5.41) is 3.49. The van der Waals surface area contributed by atoms with Crippen LogP contribution in [0.1, 0.15) is 18.7 Å². The minimum atomic E-state index is 0. The summed E-state index contributed by atoms with van der Waals surface area (Å²) in [4.78, 5) is 3.88. The van der Waals surface area contributed by atoms with Crippen LogP contribution in [0.4, 0.5) is 0 Å². The highest BCUT2D eigenvalue weighted by Crippen LogP contribution is 2.24. The zero-order chi connectivity index (χ0) is 10.8. The lowest BCUT2D eigenvalue weighted by Gasteiger charge is -2.38. The molecule has 2 heterocycles. The van der Waals surface area contributed by atoms with Gasteiger partial charge in [0.05, 0.1) is 4.34 Å². The van der Waals surface area contributed by atoms with Crippen LogP contribution in [0.15, 0.2) is 12.1 Å². The lowest BCUT2D eigenvalue weighted by molar-refractivity contribution is 0.132. The van der Waals surface area contributed by atoms with E-state index in [1.807, 2.05) is 6.07 Å². The van der Waals surface area contributed by atoms with E-state index in [2.05, 4.69) is 30.1 Å². The Labute approximate surface area is 112 Å². The molecule has 0 spiro atoms. The summed E-state index contributed by atoms with van der Waals surface area (Å²) in [6.45, 7) is 7.78. The summed E-state index contributed by atoms with van der Waals surface area (Å²) in [5.74, 6) is 0. The molecule has 2 atom stereocenters. The molecule has 0 amide bonds. The minimum absolute atomic E-state index is 0. The lowest BCUT2D eigenvalue weighted by atomic mass is 10.1. The molecule has 1 aromatic heterocycles. The van der Waals surface area contributed by atoms with Gasteiger partial charge in [-0.2, -0.15) is 0 Å². The maximum Gasteiger partial charge on any atom is 0.0931 e. The van der Waals surface area contributed by atoms with E-state index in [9.17, 15) is 0 Å². The molecule has 1 aromatic rings. The third-order valence-electron chi connectivity index (χ3n) is 3.15. The third-order valence-corrected chi connectivity index (χ3v) is 4.37. The van der Waals surface area contributed by atoms with E-state index in [1.165, 1.54) is 4.88 Å². The fourth-order valence-electron chi connectivity index (χ4n) is 1.99. The smallest absolute Gasteiger partial charge is 0.0931 e. The van der Waals surface area contributed by atoms with Gasteiger partial charge in [0.25, 0.3) is 0 Å². The minimum Gasteiger partial charge on any atom is -0.311 e. The first kappa shape index (κ1) is 14.3. The van der Waals surface area contributed by atoms with Gasteiger partial charge in [-0.05, 0) is 26.0 Å². The largest absolute Gasteiger partial charge is 0.311 e. The summed E-state index contributed by atoms with van der Waals surface area (Å²) in [7, 11) is 0. The molecule has 1 aliphatic rings. The summed E-state index contributed by atoms with van der Waals surface area (Å²) < 4.78 is 0.890. The highest BCUT2D eigenvalue weighted by atomic mass is 35.5. The first-order valence-corrected chi connectivity index (χ1v) is 6.58. The van der Waals surface area contributed by atoms with Gasteiger partial charge in [-0.25, -0.2) is 0 Å². The van der Waals surface area contributed by atoms with E-state index in [-0.39, 0.29) is 12.4 Å². The highest BCUT2D eigenvalue weighted by Gasteiger charge is 2.24. The Kier molecular flexibility index (Phi) is 5.54. The number of nitrogens with zero attached hydrogens (tertiary/aromatic N) is 1. The standard InChI is InChI=1S/C11H17ClN2S.ClH/c1-8-9(2)14(6-5-13-8)7-10-3-4-11(12)15-10;/h3-4,8-9,13H,5-7H2,1-2H3;1H. The van der Waals surface area contributed by atoms with Gasteiger partial charge in [0, 0.05) is 36.6 Å². The van der Waals surface area contributed by atoms with Crippen molar-refractivity contribution in [2.24, 2.45) is 0 Å². The molecule has 1 saturated heterocycles. The topological polar surface area (TPSA) is 15.3 Å². The second-order valence-corrected chi connectivity index (χ2v) is 5.96. The molecule has 1 aliphatic heterocycles. The molecular weight excluding hydrogens is 263 g/mol. The number of hydrogen-bond donors (Lipinski definition) is 1. The van der Waals surface area contributed by atoms with Gasteiger partial charge in [-0.1, -0.05) is 11.6 Å². The highest BCUT2D eigenvalue weighted by molar-refractivity contribution is 7.16. The van der Waals surface area contributed by atoms with Crippen molar-refractivity contribution in [2.45, 2.75) is 32.5 Å². The van der Waals surface area contributed by atoms with Crippen LogP contribution in [0.2, 0.25) is 4.34 Å². The van der Waals surface area contributed by atoms with Crippen LogP contribution in [0, 0.1) is 0 Å². The average Bonchev–Trinajstić information content (AvgIpc) is 2.59. The van der Waals surface area contributed by atoms with Crippen LogP contribution in [-0.2, 0) is 6.54 Å². The van der Waals surface area contributed by atoms with Gasteiger partial charge >= 0.3 is 0 Å². The summed E-state index contributed by atoms with van der Waals surface area (Å²) in [5.41, 5.74) is 0. The van der Waals surface area contributed by atoms with Crippen LogP contribution in [0.5, 0.6) is 0 Å². The first-order valence-electron chi connectivity index (χ1n) is 5.38. The molecule has 0 saturated carbocycles. The van der Waals surface area contributed by atoms with Crippen LogP contribution in [0.25, 0.3) is 0 Å². The fraction of sp³-hybridized carbons (Fsp3) is 0.636. The number of hydrogen-bond acceptors (Lipinski definition) is 3. The number of nitrogens with one attached hydrogen (secondary N) is 1. The van der Waals surface area contributed by atoms with Crippen LogP contribution in [0.3, 0.4) is 0 Å². The molecule has 2 rings (SSSR count). The molecule has 2 nitrogen and oxygen atoms in total. The lowest BCUT2D eigenvalue weighted by Crippen LogP contribution is -2.54. The molecular formula is C11H18Cl2N2S. The molecule has 5 heteroatoms. The predicted molar refractivity (Wildman–Crippen MR) is 73.9 cm³/mol. The molecule has 92 valence electrons. The monoisotopic (exact) mass is 280 g/mol. The number of piperazine rings is 1. The van der Waals surface area contributed by atoms with Crippen molar-refractivity contribution < 1.29 is 0 Å². The molecule has 1 fully saturated rings. The van der Waals surface area contributed by atoms with Gasteiger partial charge < -0.3 is 5.32 Å². The van der Waals surface area contributed by atoms with Crippen molar-refractivity contribution >= 4 is 35.3 Å². The third kappa shape index (κ3) is 3.34. The van der Waals surface area contributed by atoms with E-state index >= 15 is 0 Å². The van der Waals surface area contributed by atoms with Crippen molar-refractivity contribution in [1.82, 2.24) is 10.2 Å². The molecule has 0 radical (unpaired) electrons. The van der Waals surface area contributed by atoms with E-state index < -0.39 is 0 Å². The number of thiophene rings is 1. The van der Waals surface area contributed by atoms with Crippen molar-refractivity contribution in [3.63, 3.8) is 0 Å². The predicted octanol–water partition coefficient (Wildman–Crippen LogP) is 3.01. The Hall–Kier alpha value is 0.200. The Bertz CT molecular complexity index is 330. The molecule has 16 heavy (non-hydrogen) atoms. The second kappa shape index (κ2) is 6.22. The Morgan fingerprint density at radius 2 is 2.25 bits per heavy atom. The van der Waals surface area contributed by atoms with Gasteiger partial charge in [0.2, 0.25) is 0 Å². The molecule has 0 aliphatic carbocycles. The van der Waals surface area contributed by atoms with Crippen LogP contribution in [-0.4, -0.2) is 30.1 Å². The van der Waals surface area contributed by atoms with Crippen molar-refractivity contribution in [3.8, 4) is 0 Å². The van der Waals surface area contributed by atoms with E-state index in [0.29, 0.717) is 12.1 Å². The Balaban J connectivity index is 0.00000128. The molecule has 0 bridgehead atoms. The normalized spacial score (nSPS) is 26.4. The molecule has 2 unspecified atom stereocenters. The molecule has 1 N–H and O–H groups in total. The summed E-state index contributed by atoms with van der Waals surface area (Å²) in [6, 6.07) is 5.29. The SMILES string of the molecule is CC1NCCN(Cc2ccc(Cl)s2)C1C.Cl. The Morgan fingerprint density at radius 3 is 2.88 bits per heavy atom. The second-order valence-electron chi connectivity index (χ2n) is 4.16. The zero-order valence-electron chi connectivity index (χ0n) is 9.57. The average molecular weight is 281 g/mol. The van der Waals surface area contributed by atoms with Crippen molar-refractivity contribution in [3.05, 3.63) is 21.3 Å². The van der Waals surface area contributed by atoms with E-state index in [1.54, 1.807) is 11.3 Å². The van der Waals surface area contributed by atoms with E-state index in [4.69, 9.17) is 11.6 Å². The zero-order valence-corrected chi connectivity index (χ0v) is 12.0. The summed E-state index contributed by atoms with van der Waals surface area (Å²) in [6.07, 6.45) is 0. The van der Waals surface area contributed by atoms with E-state index in [0.717, 1.165) is 24.0 Å². The fourth-order valence-corrected chi connectivity index (χ4v) is 3.10. The van der Waals surface area contributed by atoms with Gasteiger partial charge in [-0.15, -0.1) is 23.7 Å². The number of rotatable bonds is 2. The first-order chi connectivity index (χ1) is 7.16. The van der Waals surface area contributed by atoms with Gasteiger partial charge in [-0.3, -0.25) is 4.90 Å². The van der Waals surface area contributed by atoms with Crippen molar-refractivity contribution in [1.29, 1.82) is 0 Å². The summed E-state index contributed by atoms with van der Waals surface area (Å²) >= 11 is 7.62. The van der Waals surface area contributed by atoms with Gasteiger partial charge in [0.1, 0.15) is 0 Å². The number of halogens is 2. The van der Waals surface area contributed by atoms with Crippen LogP contribution >= 0.6 is 35.3 Å². The van der Waals surface area contributed by atoms with Crippen LogP contribution < -0.4 is 5.32 Å². The molecule has 0 aromatic carbocycles. The van der Waals surface area contributed by atoms with Crippen molar-refractivity contribution in [2.75, 3.05) is 13.1 Å². The Morgan fingerprint density at radius 1 is 1.50 bits per heavy atom.